The van der Waals surface area contributed by atoms with Gasteiger partial charge in [-0.15, -0.1) is 0 Å². The molecule has 6 heteroatoms. The molecule has 0 heterocycles. The lowest BCUT2D eigenvalue weighted by molar-refractivity contribution is -0.152. The quantitative estimate of drug-likeness (QED) is 0.771. The SMILES string of the molecule is CCOC(=O)[C@H](NC(=O)c1ccccc1)[C@H](C(=O)OC)c1ccccc1. The monoisotopic (exact) mass is 355 g/mol. The zero-order chi connectivity index (χ0) is 18.9. The van der Waals surface area contributed by atoms with E-state index in [2.05, 4.69) is 5.32 Å². The Bertz CT molecular complexity index is 745. The predicted molar refractivity (Wildman–Crippen MR) is 95.5 cm³/mol. The van der Waals surface area contributed by atoms with Crippen LogP contribution in [-0.4, -0.2) is 37.6 Å². The van der Waals surface area contributed by atoms with Gasteiger partial charge in [-0.3, -0.25) is 9.59 Å². The van der Waals surface area contributed by atoms with Crippen molar-refractivity contribution in [1.29, 1.82) is 0 Å². The molecule has 0 aliphatic rings. The Kier molecular flexibility index (Phi) is 6.91. The van der Waals surface area contributed by atoms with Gasteiger partial charge in [0.2, 0.25) is 0 Å². The average Bonchev–Trinajstić information content (AvgIpc) is 2.68. The van der Waals surface area contributed by atoms with Gasteiger partial charge in [0, 0.05) is 5.56 Å². The number of methoxy groups -OCH3 is 1. The second-order valence-electron chi connectivity index (χ2n) is 5.48. The second kappa shape index (κ2) is 9.36. The minimum Gasteiger partial charge on any atom is -0.468 e. The summed E-state index contributed by atoms with van der Waals surface area (Å²) in [6.45, 7) is 1.78. The molecule has 1 N–H and O–H groups in total. The summed E-state index contributed by atoms with van der Waals surface area (Å²) in [5, 5.41) is 2.62. The summed E-state index contributed by atoms with van der Waals surface area (Å²) in [6.07, 6.45) is 0. The van der Waals surface area contributed by atoms with E-state index in [1.807, 2.05) is 0 Å². The maximum Gasteiger partial charge on any atom is 0.329 e. The first-order chi connectivity index (χ1) is 12.6. The fraction of sp³-hybridized carbons (Fsp3) is 0.250. The van der Waals surface area contributed by atoms with E-state index in [4.69, 9.17) is 9.47 Å². The van der Waals surface area contributed by atoms with Crippen LogP contribution in [0.5, 0.6) is 0 Å². The Balaban J connectivity index is 2.38. The van der Waals surface area contributed by atoms with Crippen molar-refractivity contribution in [2.45, 2.75) is 18.9 Å². The van der Waals surface area contributed by atoms with Crippen molar-refractivity contribution in [2.75, 3.05) is 13.7 Å². The second-order valence-corrected chi connectivity index (χ2v) is 5.48. The van der Waals surface area contributed by atoms with Gasteiger partial charge >= 0.3 is 11.9 Å². The highest BCUT2D eigenvalue weighted by molar-refractivity contribution is 5.98. The van der Waals surface area contributed by atoms with Crippen LogP contribution in [0.3, 0.4) is 0 Å². The molecular weight excluding hydrogens is 334 g/mol. The number of esters is 2. The Labute approximate surface area is 152 Å². The van der Waals surface area contributed by atoms with Gasteiger partial charge in [0.25, 0.3) is 5.91 Å². The summed E-state index contributed by atoms with van der Waals surface area (Å²) in [6, 6.07) is 15.9. The van der Waals surface area contributed by atoms with E-state index in [-0.39, 0.29) is 6.61 Å². The first kappa shape index (κ1) is 19.2. The minimum absolute atomic E-state index is 0.124. The van der Waals surface area contributed by atoms with E-state index in [1.165, 1.54) is 7.11 Å². The lowest BCUT2D eigenvalue weighted by Gasteiger charge is -2.25. The molecule has 0 aliphatic carbocycles. The van der Waals surface area contributed by atoms with Crippen molar-refractivity contribution in [3.05, 3.63) is 71.8 Å². The van der Waals surface area contributed by atoms with Gasteiger partial charge < -0.3 is 14.8 Å². The zero-order valence-corrected chi connectivity index (χ0v) is 14.7. The van der Waals surface area contributed by atoms with Crippen LogP contribution in [0, 0.1) is 0 Å². The predicted octanol–water partition coefficient (Wildman–Crippen LogP) is 2.30. The molecule has 0 aromatic heterocycles. The van der Waals surface area contributed by atoms with Crippen LogP contribution < -0.4 is 5.32 Å². The van der Waals surface area contributed by atoms with Crippen LogP contribution in [0.2, 0.25) is 0 Å². The number of carbonyl (C=O) groups is 3. The maximum absolute atomic E-state index is 12.5. The molecule has 0 bridgehead atoms. The van der Waals surface area contributed by atoms with Crippen molar-refractivity contribution < 1.29 is 23.9 Å². The lowest BCUT2D eigenvalue weighted by Crippen LogP contribution is -2.48. The first-order valence-corrected chi connectivity index (χ1v) is 8.23. The first-order valence-electron chi connectivity index (χ1n) is 8.23. The largest absolute Gasteiger partial charge is 0.468 e. The molecule has 26 heavy (non-hydrogen) atoms. The van der Waals surface area contributed by atoms with Gasteiger partial charge in [0.05, 0.1) is 13.7 Å². The number of hydrogen-bond donors (Lipinski definition) is 1. The van der Waals surface area contributed by atoms with Gasteiger partial charge in [-0.05, 0) is 24.6 Å². The van der Waals surface area contributed by atoms with E-state index in [9.17, 15) is 14.4 Å². The summed E-state index contributed by atoms with van der Waals surface area (Å²) in [4.78, 5) is 37.4. The van der Waals surface area contributed by atoms with Crippen LogP contribution in [0.4, 0.5) is 0 Å². The van der Waals surface area contributed by atoms with Crippen LogP contribution in [0.1, 0.15) is 28.8 Å². The molecule has 1 amide bonds. The highest BCUT2D eigenvalue weighted by Gasteiger charge is 2.38. The van der Waals surface area contributed by atoms with Crippen LogP contribution in [0.25, 0.3) is 0 Å². The summed E-state index contributed by atoms with van der Waals surface area (Å²) in [5.41, 5.74) is 0.921. The molecule has 0 fully saturated rings. The van der Waals surface area contributed by atoms with E-state index in [0.717, 1.165) is 0 Å². The van der Waals surface area contributed by atoms with Crippen LogP contribution in [-0.2, 0) is 19.1 Å². The Morgan fingerprint density at radius 3 is 2.04 bits per heavy atom. The number of carbonyl (C=O) groups excluding carboxylic acids is 3. The summed E-state index contributed by atoms with van der Waals surface area (Å²) < 4.78 is 9.94. The fourth-order valence-corrected chi connectivity index (χ4v) is 2.58. The van der Waals surface area contributed by atoms with Crippen molar-refractivity contribution in [3.8, 4) is 0 Å². The number of hydrogen-bond acceptors (Lipinski definition) is 5. The molecule has 0 unspecified atom stereocenters. The van der Waals surface area contributed by atoms with Crippen molar-refractivity contribution in [2.24, 2.45) is 0 Å². The minimum atomic E-state index is -1.21. The number of benzene rings is 2. The van der Waals surface area contributed by atoms with E-state index in [0.29, 0.717) is 11.1 Å². The van der Waals surface area contributed by atoms with E-state index >= 15 is 0 Å². The third kappa shape index (κ3) is 4.69. The number of rotatable bonds is 7. The zero-order valence-electron chi connectivity index (χ0n) is 14.7. The molecule has 2 rings (SSSR count). The topological polar surface area (TPSA) is 81.7 Å². The molecule has 2 aromatic carbocycles. The maximum atomic E-state index is 12.5. The Morgan fingerprint density at radius 2 is 1.50 bits per heavy atom. The highest BCUT2D eigenvalue weighted by Crippen LogP contribution is 2.23. The molecule has 0 saturated carbocycles. The number of nitrogens with one attached hydrogen (secondary N) is 1. The van der Waals surface area contributed by atoms with Gasteiger partial charge in [-0.25, -0.2) is 4.79 Å². The number of amides is 1. The lowest BCUT2D eigenvalue weighted by atomic mass is 9.91. The van der Waals surface area contributed by atoms with Crippen LogP contribution in [0.15, 0.2) is 60.7 Å². The molecule has 2 atom stereocenters. The smallest absolute Gasteiger partial charge is 0.329 e. The average molecular weight is 355 g/mol. The fourth-order valence-electron chi connectivity index (χ4n) is 2.58. The molecule has 6 nitrogen and oxygen atoms in total. The van der Waals surface area contributed by atoms with Gasteiger partial charge in [-0.1, -0.05) is 48.5 Å². The standard InChI is InChI=1S/C20H21NO5/c1-3-26-20(24)17(21-18(22)15-12-8-5-9-13-15)16(19(23)25-2)14-10-6-4-7-11-14/h4-13,16-17H,3H2,1-2H3,(H,21,22)/t16-,17-/m1/s1. The molecule has 2 aromatic rings. The summed E-state index contributed by atoms with van der Waals surface area (Å²) >= 11 is 0. The van der Waals surface area contributed by atoms with Crippen LogP contribution >= 0.6 is 0 Å². The van der Waals surface area contributed by atoms with Crippen molar-refractivity contribution >= 4 is 17.8 Å². The van der Waals surface area contributed by atoms with E-state index in [1.54, 1.807) is 67.6 Å². The van der Waals surface area contributed by atoms with Gasteiger partial charge in [0.1, 0.15) is 12.0 Å². The number of ether oxygens (including phenoxy) is 2. The van der Waals surface area contributed by atoms with Crippen molar-refractivity contribution in [3.63, 3.8) is 0 Å². The summed E-state index contributed by atoms with van der Waals surface area (Å²) in [7, 11) is 1.24. The molecule has 0 radical (unpaired) electrons. The van der Waals surface area contributed by atoms with Gasteiger partial charge in [-0.2, -0.15) is 0 Å². The molecular formula is C20H21NO5. The third-order valence-electron chi connectivity index (χ3n) is 3.81. The third-order valence-corrected chi connectivity index (χ3v) is 3.81. The normalized spacial score (nSPS) is 12.5. The summed E-state index contributed by atoms with van der Waals surface area (Å²) in [5.74, 6) is -2.83. The molecule has 0 saturated heterocycles. The van der Waals surface area contributed by atoms with Gasteiger partial charge in [0.15, 0.2) is 0 Å². The molecule has 0 spiro atoms. The van der Waals surface area contributed by atoms with E-state index < -0.39 is 29.8 Å². The highest BCUT2D eigenvalue weighted by atomic mass is 16.5. The van der Waals surface area contributed by atoms with Crippen molar-refractivity contribution in [1.82, 2.24) is 5.32 Å². The Hall–Kier alpha value is -3.15. The molecule has 0 aliphatic heterocycles. The Morgan fingerprint density at radius 1 is 0.923 bits per heavy atom. The molecule has 136 valence electrons.